The Morgan fingerprint density at radius 3 is 2.83 bits per heavy atom. The van der Waals surface area contributed by atoms with Crippen LogP contribution >= 0.6 is 23.1 Å². The summed E-state index contributed by atoms with van der Waals surface area (Å²) >= 11 is 2.45. The van der Waals surface area contributed by atoms with Crippen molar-refractivity contribution in [1.82, 2.24) is 10.2 Å². The first-order valence-electron chi connectivity index (χ1n) is 8.31. The second kappa shape index (κ2) is 9.43. The third-order valence-electron chi connectivity index (χ3n) is 3.46. The van der Waals surface area contributed by atoms with E-state index in [1.54, 1.807) is 6.92 Å². The molecule has 0 aliphatic rings. The van der Waals surface area contributed by atoms with Gasteiger partial charge in [0.05, 0.1) is 11.3 Å². The van der Waals surface area contributed by atoms with E-state index in [0.717, 1.165) is 12.3 Å². The van der Waals surface area contributed by atoms with Gasteiger partial charge in [-0.05, 0) is 12.1 Å². The lowest BCUT2D eigenvalue weighted by molar-refractivity contribution is -0.115. The van der Waals surface area contributed by atoms with Gasteiger partial charge >= 0.3 is 5.97 Å². The Bertz CT molecular complexity index is 1100. The van der Waals surface area contributed by atoms with E-state index in [2.05, 4.69) is 15.5 Å². The van der Waals surface area contributed by atoms with Gasteiger partial charge in [0.2, 0.25) is 22.2 Å². The number of aromatic nitrogens is 2. The van der Waals surface area contributed by atoms with Crippen LogP contribution in [0.3, 0.4) is 0 Å². The highest BCUT2D eigenvalue weighted by atomic mass is 32.2. The maximum Gasteiger partial charge on any atom is 0.346 e. The number of amides is 1. The highest BCUT2D eigenvalue weighted by Crippen LogP contribution is 2.28. The van der Waals surface area contributed by atoms with Gasteiger partial charge in [0.15, 0.2) is 4.34 Å². The fourth-order valence-corrected chi connectivity index (χ4v) is 3.69. The van der Waals surface area contributed by atoms with Crippen LogP contribution < -0.4 is 15.5 Å². The van der Waals surface area contributed by atoms with Crippen molar-refractivity contribution in [1.29, 1.82) is 0 Å². The van der Waals surface area contributed by atoms with Crippen molar-refractivity contribution in [3.8, 4) is 5.75 Å². The van der Waals surface area contributed by atoms with Crippen LogP contribution in [0.4, 0.5) is 9.52 Å². The number of benzene rings is 1. The van der Waals surface area contributed by atoms with E-state index < -0.39 is 17.2 Å². The topological polar surface area (TPSA) is 111 Å². The predicted molar refractivity (Wildman–Crippen MR) is 105 cm³/mol. The molecule has 3 rings (SSSR count). The molecule has 1 N–H and O–H groups in total. The van der Waals surface area contributed by atoms with Crippen LogP contribution in [0.2, 0.25) is 0 Å². The minimum atomic E-state index is -0.993. The number of carbonyl (C=O) groups excluding carboxylic acids is 2. The molecule has 150 valence electrons. The van der Waals surface area contributed by atoms with Crippen LogP contribution in [0.25, 0.3) is 0 Å². The third kappa shape index (κ3) is 5.48. The summed E-state index contributed by atoms with van der Waals surface area (Å²) in [5.41, 5.74) is -0.863. The highest BCUT2D eigenvalue weighted by molar-refractivity contribution is 8.00. The Balaban J connectivity index is 1.61. The number of rotatable bonds is 7. The molecule has 3 aromatic rings. The number of nitrogens with zero attached hydrogens (tertiary/aromatic N) is 2. The van der Waals surface area contributed by atoms with Gasteiger partial charge in [0, 0.05) is 12.5 Å². The van der Waals surface area contributed by atoms with Crippen molar-refractivity contribution < 1.29 is 23.1 Å². The molecule has 1 amide bonds. The molecule has 0 aliphatic carbocycles. The van der Waals surface area contributed by atoms with E-state index in [9.17, 15) is 18.8 Å². The van der Waals surface area contributed by atoms with Gasteiger partial charge in [0.25, 0.3) is 0 Å². The van der Waals surface area contributed by atoms with Gasteiger partial charge in [-0.15, -0.1) is 10.2 Å². The first-order chi connectivity index (χ1) is 14.0. The van der Waals surface area contributed by atoms with Crippen LogP contribution in [0.1, 0.15) is 29.5 Å². The van der Waals surface area contributed by atoms with Crippen molar-refractivity contribution in [3.05, 3.63) is 64.0 Å². The van der Waals surface area contributed by atoms with Gasteiger partial charge in [-0.3, -0.25) is 9.59 Å². The average molecular weight is 435 g/mol. The number of thioether (sulfide) groups is 1. The van der Waals surface area contributed by atoms with E-state index in [1.165, 1.54) is 47.4 Å². The van der Waals surface area contributed by atoms with Crippen LogP contribution in [0, 0.1) is 5.82 Å². The number of hydrogen-bond donors (Lipinski definition) is 1. The number of carbonyl (C=O) groups is 2. The zero-order valence-electron chi connectivity index (χ0n) is 15.0. The fraction of sp³-hybridized carbons (Fsp3) is 0.167. The van der Waals surface area contributed by atoms with Gasteiger partial charge < -0.3 is 14.5 Å². The maximum absolute atomic E-state index is 13.6. The Morgan fingerprint density at radius 2 is 2.10 bits per heavy atom. The monoisotopic (exact) mass is 435 g/mol. The van der Waals surface area contributed by atoms with Gasteiger partial charge in [-0.2, -0.15) is 0 Å². The zero-order chi connectivity index (χ0) is 20.8. The predicted octanol–water partition coefficient (Wildman–Crippen LogP) is 3.49. The van der Waals surface area contributed by atoms with E-state index >= 15 is 0 Å². The smallest absolute Gasteiger partial charge is 0.346 e. The SMILES string of the molecule is CCC(=O)Nc1nnc(SCc2cc(=O)c(OC(=O)c3ccccc3F)co2)s1. The molecule has 2 heterocycles. The standard InChI is InChI=1S/C18H14FN3O5S2/c1-2-15(24)20-17-21-22-18(29-17)28-9-10-7-13(23)14(8-26-10)27-16(25)11-5-3-4-6-12(11)19/h3-8H,2,9H2,1H3,(H,20,21,24). The number of esters is 1. The van der Waals surface area contributed by atoms with Crippen molar-refractivity contribution in [2.24, 2.45) is 0 Å². The maximum atomic E-state index is 13.6. The zero-order valence-corrected chi connectivity index (χ0v) is 16.6. The molecule has 0 atom stereocenters. The first kappa shape index (κ1) is 20.7. The van der Waals surface area contributed by atoms with Gasteiger partial charge in [0.1, 0.15) is 17.8 Å². The molecule has 0 saturated heterocycles. The van der Waals surface area contributed by atoms with E-state index in [4.69, 9.17) is 9.15 Å². The van der Waals surface area contributed by atoms with Crippen molar-refractivity contribution in [2.45, 2.75) is 23.4 Å². The summed E-state index contributed by atoms with van der Waals surface area (Å²) in [5.74, 6) is -1.65. The number of ether oxygens (including phenoxy) is 1. The second-order valence-corrected chi connectivity index (χ2v) is 7.71. The summed E-state index contributed by atoms with van der Waals surface area (Å²) in [6.45, 7) is 1.73. The molecule has 0 spiro atoms. The fourth-order valence-electron chi connectivity index (χ4n) is 2.03. The molecule has 8 nitrogen and oxygen atoms in total. The molecule has 11 heteroatoms. The van der Waals surface area contributed by atoms with Crippen molar-refractivity contribution >= 4 is 40.1 Å². The molecule has 1 aromatic carbocycles. The highest BCUT2D eigenvalue weighted by Gasteiger charge is 2.16. The lowest BCUT2D eigenvalue weighted by Gasteiger charge is -2.05. The number of hydrogen-bond acceptors (Lipinski definition) is 9. The molecule has 29 heavy (non-hydrogen) atoms. The van der Waals surface area contributed by atoms with Crippen LogP contribution in [0.5, 0.6) is 5.75 Å². The van der Waals surface area contributed by atoms with Gasteiger partial charge in [-0.25, -0.2) is 9.18 Å². The molecule has 0 saturated carbocycles. The summed E-state index contributed by atoms with van der Waals surface area (Å²) in [5, 5.41) is 10.8. The minimum Gasteiger partial charge on any atom is -0.464 e. The molecule has 0 radical (unpaired) electrons. The van der Waals surface area contributed by atoms with Crippen LogP contribution in [-0.2, 0) is 10.5 Å². The lowest BCUT2D eigenvalue weighted by atomic mass is 10.2. The lowest BCUT2D eigenvalue weighted by Crippen LogP contribution is -2.15. The Kier molecular flexibility index (Phi) is 6.73. The summed E-state index contributed by atoms with van der Waals surface area (Å²) in [4.78, 5) is 35.5. The van der Waals surface area contributed by atoms with Crippen LogP contribution in [0.15, 0.2) is 50.1 Å². The molecule has 2 aromatic heterocycles. The molecule has 0 unspecified atom stereocenters. The number of nitrogens with one attached hydrogen (secondary N) is 1. The molecular weight excluding hydrogens is 421 g/mol. The average Bonchev–Trinajstić information content (AvgIpc) is 3.15. The largest absolute Gasteiger partial charge is 0.464 e. The van der Waals surface area contributed by atoms with E-state index in [1.807, 2.05) is 0 Å². The molecule has 0 fully saturated rings. The van der Waals surface area contributed by atoms with Gasteiger partial charge in [-0.1, -0.05) is 42.2 Å². The summed E-state index contributed by atoms with van der Waals surface area (Å²) in [7, 11) is 0. The second-order valence-electron chi connectivity index (χ2n) is 5.51. The van der Waals surface area contributed by atoms with Crippen molar-refractivity contribution in [3.63, 3.8) is 0 Å². The quantitative estimate of drug-likeness (QED) is 0.341. The normalized spacial score (nSPS) is 10.6. The Hall–Kier alpha value is -3.05. The van der Waals surface area contributed by atoms with E-state index in [0.29, 0.717) is 21.7 Å². The third-order valence-corrected chi connectivity index (χ3v) is 5.45. The van der Waals surface area contributed by atoms with Crippen molar-refractivity contribution in [2.75, 3.05) is 5.32 Å². The number of halogens is 1. The Morgan fingerprint density at radius 1 is 1.31 bits per heavy atom. The Labute approximate surface area is 172 Å². The first-order valence-corrected chi connectivity index (χ1v) is 10.1. The molecule has 0 aliphatic heterocycles. The summed E-state index contributed by atoms with van der Waals surface area (Å²) < 4.78 is 24.4. The summed E-state index contributed by atoms with van der Waals surface area (Å²) in [6.07, 6.45) is 1.34. The number of anilines is 1. The summed E-state index contributed by atoms with van der Waals surface area (Å²) in [6, 6.07) is 6.47. The molecule has 0 bridgehead atoms. The van der Waals surface area contributed by atoms with E-state index in [-0.39, 0.29) is 23.0 Å². The minimum absolute atomic E-state index is 0.163. The molecular formula is C18H14FN3O5S2. The van der Waals surface area contributed by atoms with Crippen LogP contribution in [-0.4, -0.2) is 22.1 Å².